The highest BCUT2D eigenvalue weighted by atomic mass is 79.9. The summed E-state index contributed by atoms with van der Waals surface area (Å²) in [4.78, 5) is 13.6. The minimum atomic E-state index is -0.177. The van der Waals surface area contributed by atoms with E-state index in [1.807, 2.05) is 49.4 Å². The summed E-state index contributed by atoms with van der Waals surface area (Å²) in [6.07, 6.45) is 0.854. The molecule has 3 rings (SSSR count). The molecule has 0 saturated carbocycles. The largest absolute Gasteiger partial charge is 0.324 e. The van der Waals surface area contributed by atoms with E-state index in [1.165, 1.54) is 4.80 Å². The normalized spacial score (nSPS) is 10.7. The molecule has 1 heterocycles. The van der Waals surface area contributed by atoms with Crippen LogP contribution in [0.25, 0.3) is 11.4 Å². The van der Waals surface area contributed by atoms with Gasteiger partial charge >= 0.3 is 0 Å². The van der Waals surface area contributed by atoms with Crippen molar-refractivity contribution in [2.75, 3.05) is 5.32 Å². The summed E-state index contributed by atoms with van der Waals surface area (Å²) in [5.41, 5.74) is 3.86. The summed E-state index contributed by atoms with van der Waals surface area (Å²) in [6, 6.07) is 13.6. The Morgan fingerprint density at radius 2 is 1.96 bits per heavy atom. The molecular weight excluding hydrogens is 382 g/mol. The minimum absolute atomic E-state index is 0.0149. The van der Waals surface area contributed by atoms with Crippen molar-refractivity contribution in [3.05, 3.63) is 58.1 Å². The van der Waals surface area contributed by atoms with Crippen molar-refractivity contribution in [3.63, 3.8) is 0 Å². The second kappa shape index (κ2) is 7.57. The first-order chi connectivity index (χ1) is 12.1. The number of aromatic nitrogens is 4. The molecule has 3 aromatic rings. The fraction of sp³-hybridized carbons (Fsp3) is 0.222. The van der Waals surface area contributed by atoms with E-state index >= 15 is 0 Å². The number of halogens is 1. The number of aryl methyl sites for hydroxylation is 2. The minimum Gasteiger partial charge on any atom is -0.324 e. The lowest BCUT2D eigenvalue weighted by molar-refractivity contribution is -0.117. The standard InChI is InChI=1S/C18H18BrN5O/c1-3-13-6-4-5-12(2)17(13)20-16(25)11-24-22-18(21-23-24)14-7-9-15(19)10-8-14/h4-10H,3,11H2,1-2H3,(H,20,25). The van der Waals surface area contributed by atoms with Crippen LogP contribution in [0.5, 0.6) is 0 Å². The first-order valence-corrected chi connectivity index (χ1v) is 8.78. The molecule has 0 aliphatic heterocycles. The summed E-state index contributed by atoms with van der Waals surface area (Å²) in [5, 5.41) is 15.2. The lowest BCUT2D eigenvalue weighted by atomic mass is 10.1. The Hall–Kier alpha value is -2.54. The molecule has 6 nitrogen and oxygen atoms in total. The molecule has 0 bridgehead atoms. The van der Waals surface area contributed by atoms with Gasteiger partial charge in [-0.15, -0.1) is 10.2 Å². The monoisotopic (exact) mass is 399 g/mol. The van der Waals surface area contributed by atoms with E-state index in [1.54, 1.807) is 0 Å². The van der Waals surface area contributed by atoms with Crippen molar-refractivity contribution in [1.29, 1.82) is 0 Å². The lowest BCUT2D eigenvalue weighted by Crippen LogP contribution is -2.21. The average molecular weight is 400 g/mol. The van der Waals surface area contributed by atoms with Gasteiger partial charge in [-0.05, 0) is 54.0 Å². The Bertz CT molecular complexity index is 889. The average Bonchev–Trinajstić information content (AvgIpc) is 3.05. The van der Waals surface area contributed by atoms with Gasteiger partial charge in [0, 0.05) is 15.7 Å². The van der Waals surface area contributed by atoms with Crippen molar-refractivity contribution >= 4 is 27.5 Å². The van der Waals surface area contributed by atoms with Crippen LogP contribution in [-0.2, 0) is 17.8 Å². The number of hydrogen-bond donors (Lipinski definition) is 1. The number of rotatable bonds is 5. The number of carbonyl (C=O) groups excluding carboxylic acids is 1. The zero-order valence-corrected chi connectivity index (χ0v) is 15.6. The van der Waals surface area contributed by atoms with Gasteiger partial charge in [-0.3, -0.25) is 4.79 Å². The summed E-state index contributed by atoms with van der Waals surface area (Å²) in [5.74, 6) is 0.314. The number of carbonyl (C=O) groups is 1. The molecule has 128 valence electrons. The number of amides is 1. The first-order valence-electron chi connectivity index (χ1n) is 7.99. The van der Waals surface area contributed by atoms with E-state index in [2.05, 4.69) is 43.6 Å². The maximum absolute atomic E-state index is 12.3. The van der Waals surface area contributed by atoms with Crippen LogP contribution in [0.15, 0.2) is 46.9 Å². The zero-order chi connectivity index (χ0) is 17.8. The number of tetrazole rings is 1. The fourth-order valence-corrected chi connectivity index (χ4v) is 2.80. The second-order valence-electron chi connectivity index (χ2n) is 5.66. The fourth-order valence-electron chi connectivity index (χ4n) is 2.53. The Kier molecular flexibility index (Phi) is 5.23. The molecule has 0 fully saturated rings. The molecule has 0 aliphatic carbocycles. The smallest absolute Gasteiger partial charge is 0.248 e. The molecular formula is C18H18BrN5O. The third kappa shape index (κ3) is 4.11. The lowest BCUT2D eigenvalue weighted by Gasteiger charge is -2.12. The number of anilines is 1. The van der Waals surface area contributed by atoms with Crippen LogP contribution in [-0.4, -0.2) is 26.1 Å². The van der Waals surface area contributed by atoms with Gasteiger partial charge in [-0.1, -0.05) is 41.1 Å². The maximum Gasteiger partial charge on any atom is 0.248 e. The molecule has 1 N–H and O–H groups in total. The summed E-state index contributed by atoms with van der Waals surface area (Å²) in [7, 11) is 0. The van der Waals surface area contributed by atoms with Gasteiger partial charge < -0.3 is 5.32 Å². The molecule has 25 heavy (non-hydrogen) atoms. The molecule has 1 aromatic heterocycles. The van der Waals surface area contributed by atoms with Crippen LogP contribution >= 0.6 is 15.9 Å². The van der Waals surface area contributed by atoms with Crippen molar-refractivity contribution in [1.82, 2.24) is 20.2 Å². The summed E-state index contributed by atoms with van der Waals surface area (Å²) < 4.78 is 0.980. The SMILES string of the molecule is CCc1cccc(C)c1NC(=O)Cn1nnc(-c2ccc(Br)cc2)n1. The van der Waals surface area contributed by atoms with Gasteiger partial charge in [-0.2, -0.15) is 4.80 Å². The third-order valence-corrected chi connectivity index (χ3v) is 4.37. The number of hydrogen-bond acceptors (Lipinski definition) is 4. The zero-order valence-electron chi connectivity index (χ0n) is 14.0. The predicted octanol–water partition coefficient (Wildman–Crippen LogP) is 3.61. The maximum atomic E-state index is 12.3. The Morgan fingerprint density at radius 1 is 1.20 bits per heavy atom. The summed E-state index contributed by atoms with van der Waals surface area (Å²) in [6.45, 7) is 4.06. The molecule has 0 aliphatic rings. The quantitative estimate of drug-likeness (QED) is 0.710. The number of nitrogens with zero attached hydrogens (tertiary/aromatic N) is 4. The van der Waals surface area contributed by atoms with Crippen LogP contribution in [0.4, 0.5) is 5.69 Å². The number of nitrogens with one attached hydrogen (secondary N) is 1. The predicted molar refractivity (Wildman–Crippen MR) is 100 cm³/mol. The Balaban J connectivity index is 1.71. The van der Waals surface area contributed by atoms with E-state index < -0.39 is 0 Å². The first kappa shape index (κ1) is 17.3. The topological polar surface area (TPSA) is 72.7 Å². The summed E-state index contributed by atoms with van der Waals surface area (Å²) >= 11 is 3.39. The van der Waals surface area contributed by atoms with Crippen molar-refractivity contribution in [2.45, 2.75) is 26.8 Å². The van der Waals surface area contributed by atoms with Gasteiger partial charge in [0.05, 0.1) is 0 Å². The molecule has 0 saturated heterocycles. The third-order valence-electron chi connectivity index (χ3n) is 3.84. The highest BCUT2D eigenvalue weighted by Gasteiger charge is 2.12. The molecule has 1 amide bonds. The van der Waals surface area contributed by atoms with Crippen LogP contribution in [0.1, 0.15) is 18.1 Å². The molecule has 0 radical (unpaired) electrons. The van der Waals surface area contributed by atoms with Crippen molar-refractivity contribution < 1.29 is 4.79 Å². The molecule has 0 spiro atoms. The molecule has 0 atom stereocenters. The van der Waals surface area contributed by atoms with E-state index in [0.717, 1.165) is 33.3 Å². The van der Waals surface area contributed by atoms with Gasteiger partial charge in [0.25, 0.3) is 0 Å². The molecule has 0 unspecified atom stereocenters. The van der Waals surface area contributed by atoms with E-state index in [4.69, 9.17) is 0 Å². The number of para-hydroxylation sites is 1. The van der Waals surface area contributed by atoms with Crippen molar-refractivity contribution in [3.8, 4) is 11.4 Å². The van der Waals surface area contributed by atoms with Gasteiger partial charge in [0.1, 0.15) is 6.54 Å². The molecule has 7 heteroatoms. The van der Waals surface area contributed by atoms with Crippen LogP contribution in [0.2, 0.25) is 0 Å². The Morgan fingerprint density at radius 3 is 2.68 bits per heavy atom. The second-order valence-corrected chi connectivity index (χ2v) is 6.58. The van der Waals surface area contributed by atoms with E-state index in [0.29, 0.717) is 5.82 Å². The van der Waals surface area contributed by atoms with Gasteiger partial charge in [-0.25, -0.2) is 0 Å². The highest BCUT2D eigenvalue weighted by molar-refractivity contribution is 9.10. The molecule has 2 aromatic carbocycles. The van der Waals surface area contributed by atoms with E-state index in [9.17, 15) is 4.79 Å². The van der Waals surface area contributed by atoms with Crippen molar-refractivity contribution in [2.24, 2.45) is 0 Å². The van der Waals surface area contributed by atoms with Crippen LogP contribution in [0, 0.1) is 6.92 Å². The van der Waals surface area contributed by atoms with Crippen LogP contribution in [0.3, 0.4) is 0 Å². The van der Waals surface area contributed by atoms with Crippen LogP contribution < -0.4 is 5.32 Å². The highest BCUT2D eigenvalue weighted by Crippen LogP contribution is 2.21. The van der Waals surface area contributed by atoms with Gasteiger partial charge in [0.15, 0.2) is 0 Å². The van der Waals surface area contributed by atoms with Gasteiger partial charge in [0.2, 0.25) is 11.7 Å². The Labute approximate surface area is 154 Å². The van der Waals surface area contributed by atoms with E-state index in [-0.39, 0.29) is 12.5 Å². The number of benzene rings is 2.